The van der Waals surface area contributed by atoms with Crippen LogP contribution in [0, 0.1) is 5.82 Å². The molecule has 0 radical (unpaired) electrons. The number of aliphatic hydroxyl groups is 1. The molecule has 0 aliphatic heterocycles. The van der Waals surface area contributed by atoms with Crippen molar-refractivity contribution >= 4 is 0 Å². The van der Waals surface area contributed by atoms with E-state index in [1.807, 2.05) is 6.92 Å². The summed E-state index contributed by atoms with van der Waals surface area (Å²) in [6, 6.07) is 6.46. The fourth-order valence-electron chi connectivity index (χ4n) is 1.98. The van der Waals surface area contributed by atoms with Gasteiger partial charge in [0.2, 0.25) is 0 Å². The molecule has 4 heteroatoms. The van der Waals surface area contributed by atoms with E-state index in [9.17, 15) is 9.50 Å². The Morgan fingerprint density at radius 3 is 2.61 bits per heavy atom. The number of aliphatic hydroxyl groups excluding tert-OH is 1. The van der Waals surface area contributed by atoms with Crippen LogP contribution in [0.1, 0.15) is 25.3 Å². The Labute approximate surface area is 108 Å². The summed E-state index contributed by atoms with van der Waals surface area (Å²) in [6.45, 7) is 3.18. The normalized spacial score (nSPS) is 14.4. The number of halogens is 1. The average molecular weight is 255 g/mol. The summed E-state index contributed by atoms with van der Waals surface area (Å²) in [5, 5.41) is 9.61. The first-order valence-corrected chi connectivity index (χ1v) is 6.34. The molecule has 18 heavy (non-hydrogen) atoms. The molecule has 0 aliphatic rings. The second-order valence-corrected chi connectivity index (χ2v) is 4.48. The third-order valence-electron chi connectivity index (χ3n) is 3.21. The van der Waals surface area contributed by atoms with Gasteiger partial charge in [-0.25, -0.2) is 4.39 Å². The van der Waals surface area contributed by atoms with Crippen LogP contribution in [-0.2, 0) is 10.2 Å². The Morgan fingerprint density at radius 1 is 1.33 bits per heavy atom. The van der Waals surface area contributed by atoms with Crippen LogP contribution in [0.5, 0.6) is 0 Å². The highest BCUT2D eigenvalue weighted by molar-refractivity contribution is 5.28. The maximum absolute atomic E-state index is 13.8. The van der Waals surface area contributed by atoms with Gasteiger partial charge in [0, 0.05) is 25.2 Å². The molecular weight excluding hydrogens is 233 g/mol. The predicted molar refractivity (Wildman–Crippen MR) is 69.9 cm³/mol. The third kappa shape index (κ3) is 3.51. The lowest BCUT2D eigenvalue weighted by molar-refractivity contribution is 0.0939. The summed E-state index contributed by atoms with van der Waals surface area (Å²) < 4.78 is 19.2. The van der Waals surface area contributed by atoms with Gasteiger partial charge in [0.25, 0.3) is 0 Å². The first-order valence-electron chi connectivity index (χ1n) is 6.34. The Kier molecular flexibility index (Phi) is 6.25. The van der Waals surface area contributed by atoms with Gasteiger partial charge in [-0.15, -0.1) is 0 Å². The molecule has 1 aromatic rings. The molecule has 1 unspecified atom stereocenters. The molecule has 1 atom stereocenters. The van der Waals surface area contributed by atoms with Gasteiger partial charge in [0.1, 0.15) is 5.82 Å². The molecule has 0 spiro atoms. The SMILES string of the molecule is CCCOCCC(CN)(CO)c1ccccc1F. The standard InChI is InChI=1S/C14H22FNO2/c1-2-8-18-9-7-14(10-16,11-17)12-5-3-4-6-13(12)15/h3-6,17H,2,7-11,16H2,1H3. The van der Waals surface area contributed by atoms with Gasteiger partial charge in [-0.05, 0) is 24.5 Å². The van der Waals surface area contributed by atoms with Crippen molar-refractivity contribution in [2.45, 2.75) is 25.2 Å². The van der Waals surface area contributed by atoms with Crippen LogP contribution in [0.25, 0.3) is 0 Å². The van der Waals surface area contributed by atoms with Gasteiger partial charge in [0.15, 0.2) is 0 Å². The van der Waals surface area contributed by atoms with Crippen molar-refractivity contribution in [1.82, 2.24) is 0 Å². The van der Waals surface area contributed by atoms with E-state index in [1.165, 1.54) is 6.07 Å². The summed E-state index contributed by atoms with van der Waals surface area (Å²) in [4.78, 5) is 0. The zero-order valence-electron chi connectivity index (χ0n) is 10.9. The Balaban J connectivity index is 2.83. The molecule has 3 N–H and O–H groups in total. The summed E-state index contributed by atoms with van der Waals surface area (Å²) in [6.07, 6.45) is 1.45. The van der Waals surface area contributed by atoms with E-state index in [1.54, 1.807) is 18.2 Å². The minimum Gasteiger partial charge on any atom is -0.395 e. The lowest BCUT2D eigenvalue weighted by atomic mass is 9.78. The number of ether oxygens (including phenoxy) is 1. The molecule has 0 saturated heterocycles. The van der Waals surface area contributed by atoms with Gasteiger partial charge >= 0.3 is 0 Å². The molecule has 3 nitrogen and oxygen atoms in total. The van der Waals surface area contributed by atoms with Crippen LogP contribution in [0.2, 0.25) is 0 Å². The van der Waals surface area contributed by atoms with Gasteiger partial charge in [0.05, 0.1) is 6.61 Å². The molecular formula is C14H22FNO2. The molecule has 0 fully saturated rings. The lowest BCUT2D eigenvalue weighted by Gasteiger charge is -2.31. The van der Waals surface area contributed by atoms with E-state index in [2.05, 4.69) is 0 Å². The van der Waals surface area contributed by atoms with Gasteiger partial charge in [-0.3, -0.25) is 0 Å². The quantitative estimate of drug-likeness (QED) is 0.697. The van der Waals surface area contributed by atoms with E-state index in [4.69, 9.17) is 10.5 Å². The monoisotopic (exact) mass is 255 g/mol. The van der Waals surface area contributed by atoms with Crippen LogP contribution >= 0.6 is 0 Å². The van der Waals surface area contributed by atoms with Crippen LogP contribution in [0.4, 0.5) is 4.39 Å². The van der Waals surface area contributed by atoms with E-state index >= 15 is 0 Å². The molecule has 1 aromatic carbocycles. The summed E-state index contributed by atoms with van der Waals surface area (Å²) in [7, 11) is 0. The highest BCUT2D eigenvalue weighted by atomic mass is 19.1. The maximum atomic E-state index is 13.8. The van der Waals surface area contributed by atoms with Crippen molar-refractivity contribution in [2.24, 2.45) is 5.73 Å². The van der Waals surface area contributed by atoms with Crippen LogP contribution < -0.4 is 5.73 Å². The molecule has 0 bridgehead atoms. The molecule has 0 amide bonds. The second kappa shape index (κ2) is 7.46. The molecule has 0 saturated carbocycles. The Hall–Kier alpha value is -0.970. The van der Waals surface area contributed by atoms with Gasteiger partial charge < -0.3 is 15.6 Å². The molecule has 0 heterocycles. The fraction of sp³-hybridized carbons (Fsp3) is 0.571. The number of nitrogens with two attached hydrogens (primary N) is 1. The second-order valence-electron chi connectivity index (χ2n) is 4.48. The highest BCUT2D eigenvalue weighted by Crippen LogP contribution is 2.28. The maximum Gasteiger partial charge on any atom is 0.127 e. The Bertz CT molecular complexity index is 353. The minimum atomic E-state index is -0.751. The van der Waals surface area contributed by atoms with E-state index in [0.29, 0.717) is 25.2 Å². The lowest BCUT2D eigenvalue weighted by Crippen LogP contribution is -2.40. The number of hydrogen-bond donors (Lipinski definition) is 2. The van der Waals surface area contributed by atoms with Gasteiger partial charge in [-0.1, -0.05) is 25.1 Å². The molecule has 1 rings (SSSR count). The van der Waals surface area contributed by atoms with Crippen molar-refractivity contribution in [2.75, 3.05) is 26.4 Å². The van der Waals surface area contributed by atoms with Crippen molar-refractivity contribution in [1.29, 1.82) is 0 Å². The summed E-state index contributed by atoms with van der Waals surface area (Å²) >= 11 is 0. The van der Waals surface area contributed by atoms with Crippen molar-refractivity contribution in [3.63, 3.8) is 0 Å². The summed E-state index contributed by atoms with van der Waals surface area (Å²) in [5.74, 6) is -0.326. The highest BCUT2D eigenvalue weighted by Gasteiger charge is 2.32. The molecule has 0 aliphatic carbocycles. The smallest absolute Gasteiger partial charge is 0.127 e. The zero-order chi connectivity index (χ0) is 13.4. The summed E-state index contributed by atoms with van der Waals surface area (Å²) in [5.41, 5.74) is 5.47. The van der Waals surface area contributed by atoms with E-state index in [0.717, 1.165) is 6.42 Å². The van der Waals surface area contributed by atoms with Crippen LogP contribution in [0.3, 0.4) is 0 Å². The van der Waals surface area contributed by atoms with E-state index in [-0.39, 0.29) is 19.0 Å². The van der Waals surface area contributed by atoms with Crippen molar-refractivity contribution < 1.29 is 14.2 Å². The van der Waals surface area contributed by atoms with Crippen LogP contribution in [-0.4, -0.2) is 31.5 Å². The predicted octanol–water partition coefficient (Wildman–Crippen LogP) is 1.83. The molecule has 102 valence electrons. The van der Waals surface area contributed by atoms with Crippen LogP contribution in [0.15, 0.2) is 24.3 Å². The van der Waals surface area contributed by atoms with Crippen molar-refractivity contribution in [3.05, 3.63) is 35.6 Å². The number of benzene rings is 1. The van der Waals surface area contributed by atoms with Gasteiger partial charge in [-0.2, -0.15) is 0 Å². The number of rotatable bonds is 8. The number of hydrogen-bond acceptors (Lipinski definition) is 3. The average Bonchev–Trinajstić information content (AvgIpc) is 2.41. The van der Waals surface area contributed by atoms with Crippen molar-refractivity contribution in [3.8, 4) is 0 Å². The topological polar surface area (TPSA) is 55.5 Å². The van der Waals surface area contributed by atoms with E-state index < -0.39 is 5.41 Å². The Morgan fingerprint density at radius 2 is 2.06 bits per heavy atom. The molecule has 0 aromatic heterocycles. The minimum absolute atomic E-state index is 0.181. The fourth-order valence-corrected chi connectivity index (χ4v) is 1.98. The largest absolute Gasteiger partial charge is 0.395 e. The zero-order valence-corrected chi connectivity index (χ0v) is 10.9. The first-order chi connectivity index (χ1) is 8.70. The third-order valence-corrected chi connectivity index (χ3v) is 3.21. The first kappa shape index (κ1) is 15.1.